The molecule has 0 bridgehead atoms. The molecule has 6 heterocycles. The van der Waals surface area contributed by atoms with Crippen molar-refractivity contribution in [1.82, 2.24) is 24.8 Å². The molecule has 0 saturated carbocycles. The molecule has 1 saturated heterocycles. The van der Waals surface area contributed by atoms with E-state index >= 15 is 0 Å². The van der Waals surface area contributed by atoms with Gasteiger partial charge in [-0.25, -0.2) is 8.78 Å². The zero-order chi connectivity index (χ0) is 23.4. The molecule has 3 aliphatic heterocycles. The molecule has 0 aromatic carbocycles. The Balaban J connectivity index is 1.12. The predicted molar refractivity (Wildman–Crippen MR) is 122 cm³/mol. The number of piperidine rings is 1. The van der Waals surface area contributed by atoms with E-state index in [-0.39, 0.29) is 29.7 Å². The van der Waals surface area contributed by atoms with Crippen LogP contribution in [0.15, 0.2) is 34.2 Å². The monoisotopic (exact) mass is 487 g/mol. The van der Waals surface area contributed by atoms with Gasteiger partial charge in [0.2, 0.25) is 0 Å². The maximum atomic E-state index is 14.8. The van der Waals surface area contributed by atoms with Crippen LogP contribution in [0.2, 0.25) is 0 Å². The summed E-state index contributed by atoms with van der Waals surface area (Å²) < 4.78 is 35.4. The van der Waals surface area contributed by atoms with Crippen LogP contribution in [0.1, 0.15) is 24.1 Å². The molecule has 1 atom stereocenters. The number of ether oxygens (including phenoxy) is 1. The zero-order valence-electron chi connectivity index (χ0n) is 18.3. The summed E-state index contributed by atoms with van der Waals surface area (Å²) >= 11 is 1.66. The second-order valence-electron chi connectivity index (χ2n) is 9.09. The van der Waals surface area contributed by atoms with Gasteiger partial charge in [0.05, 0.1) is 46.1 Å². The smallest absolute Gasteiger partial charge is 0.287 e. The molecular formula is C23H23F2N5O3S. The number of pyridine rings is 3. The Morgan fingerprint density at radius 2 is 2.03 bits per heavy atom. The predicted octanol–water partition coefficient (Wildman–Crippen LogP) is 1.97. The Hall–Kier alpha value is -2.60. The highest BCUT2D eigenvalue weighted by atomic mass is 32.2. The fourth-order valence-electron chi connectivity index (χ4n) is 5.20. The van der Waals surface area contributed by atoms with Crippen molar-refractivity contribution in [2.45, 2.75) is 42.5 Å². The lowest BCUT2D eigenvalue weighted by Crippen LogP contribution is -2.48. The SMILES string of the molecule is O=c1c(F)cc2ncc(F)c3c2n1CC3(O)CN1CCC(NCc2cc3c(cn2)OCS3)CC1. The van der Waals surface area contributed by atoms with E-state index in [0.29, 0.717) is 31.6 Å². The van der Waals surface area contributed by atoms with Gasteiger partial charge in [-0.05, 0) is 32.0 Å². The normalized spacial score (nSPS) is 22.3. The van der Waals surface area contributed by atoms with Crippen LogP contribution in [-0.4, -0.2) is 56.2 Å². The topological polar surface area (TPSA) is 92.5 Å². The van der Waals surface area contributed by atoms with E-state index in [9.17, 15) is 18.7 Å². The molecule has 3 aliphatic rings. The van der Waals surface area contributed by atoms with E-state index in [1.165, 1.54) is 0 Å². The second-order valence-corrected chi connectivity index (χ2v) is 10.1. The summed E-state index contributed by atoms with van der Waals surface area (Å²) in [6.07, 6.45) is 4.46. The van der Waals surface area contributed by atoms with Crippen LogP contribution >= 0.6 is 11.8 Å². The van der Waals surface area contributed by atoms with E-state index in [4.69, 9.17) is 4.74 Å². The van der Waals surface area contributed by atoms with Crippen LogP contribution in [0.4, 0.5) is 8.78 Å². The van der Waals surface area contributed by atoms with Crippen LogP contribution in [0.3, 0.4) is 0 Å². The van der Waals surface area contributed by atoms with Crippen molar-refractivity contribution >= 4 is 22.8 Å². The number of thioether (sulfide) groups is 1. The Morgan fingerprint density at radius 1 is 1.21 bits per heavy atom. The van der Waals surface area contributed by atoms with Crippen LogP contribution in [0, 0.1) is 11.6 Å². The number of nitrogens with one attached hydrogen (secondary N) is 1. The van der Waals surface area contributed by atoms with E-state index in [2.05, 4.69) is 26.3 Å². The third kappa shape index (κ3) is 3.67. The first-order valence-electron chi connectivity index (χ1n) is 11.2. The van der Waals surface area contributed by atoms with Gasteiger partial charge in [-0.2, -0.15) is 0 Å². The lowest BCUT2D eigenvalue weighted by atomic mass is 9.93. The molecule has 1 fully saturated rings. The summed E-state index contributed by atoms with van der Waals surface area (Å²) in [5.41, 5.74) is -1.16. The van der Waals surface area contributed by atoms with E-state index in [1.54, 1.807) is 18.0 Å². The standard InChI is InChI=1S/C23H23F2N5O3S/c24-15-6-17-21-20(16(25)8-28-17)23(32,11-30(21)22(15)31)10-29-3-1-13(2-4-29)26-7-14-5-19-18(9-27-14)33-12-34-19/h5-6,8-9,13,26,32H,1-4,7,10-12H2. The summed E-state index contributed by atoms with van der Waals surface area (Å²) in [4.78, 5) is 23.9. The maximum Gasteiger partial charge on any atom is 0.287 e. The third-order valence-corrected chi connectivity index (χ3v) is 7.73. The maximum absolute atomic E-state index is 14.8. The number of fused-ring (bicyclic) bond motifs is 1. The van der Waals surface area contributed by atoms with Crippen molar-refractivity contribution in [1.29, 1.82) is 0 Å². The number of halogens is 2. The van der Waals surface area contributed by atoms with Gasteiger partial charge in [0.15, 0.2) is 11.6 Å². The van der Waals surface area contributed by atoms with Crippen LogP contribution in [-0.2, 0) is 18.7 Å². The summed E-state index contributed by atoms with van der Waals surface area (Å²) in [6, 6.07) is 3.35. The van der Waals surface area contributed by atoms with E-state index in [0.717, 1.165) is 46.0 Å². The minimum absolute atomic E-state index is 0.0272. The number of likely N-dealkylation sites (tertiary alicyclic amines) is 1. The molecule has 11 heteroatoms. The third-order valence-electron chi connectivity index (χ3n) is 6.86. The molecule has 0 aliphatic carbocycles. The highest BCUT2D eigenvalue weighted by molar-refractivity contribution is 7.99. The number of β-amino-alcohol motifs (C(OH)–C–C–N with tert-alkyl or cyclic N) is 1. The van der Waals surface area contributed by atoms with Crippen molar-refractivity contribution in [3.05, 3.63) is 57.8 Å². The molecule has 8 nitrogen and oxygen atoms in total. The fraction of sp³-hybridized carbons (Fsp3) is 0.435. The second kappa shape index (κ2) is 8.26. The number of hydrogen-bond donors (Lipinski definition) is 2. The minimum atomic E-state index is -1.63. The number of aliphatic hydroxyl groups is 1. The number of hydrogen-bond acceptors (Lipinski definition) is 8. The molecular weight excluding hydrogens is 464 g/mol. The molecule has 6 rings (SSSR count). The van der Waals surface area contributed by atoms with Crippen LogP contribution < -0.4 is 15.6 Å². The summed E-state index contributed by atoms with van der Waals surface area (Å²) in [6.45, 7) is 2.03. The van der Waals surface area contributed by atoms with Crippen molar-refractivity contribution in [3.8, 4) is 5.75 Å². The Labute approximate surface area is 198 Å². The highest BCUT2D eigenvalue weighted by Crippen LogP contribution is 2.38. The van der Waals surface area contributed by atoms with Gasteiger partial charge >= 0.3 is 0 Å². The van der Waals surface area contributed by atoms with Crippen molar-refractivity contribution < 1.29 is 18.6 Å². The number of rotatable bonds is 5. The lowest BCUT2D eigenvalue weighted by Gasteiger charge is -2.37. The fourth-order valence-corrected chi connectivity index (χ4v) is 5.99. The molecule has 0 amide bonds. The molecule has 178 valence electrons. The van der Waals surface area contributed by atoms with Gasteiger partial charge in [0.1, 0.15) is 17.4 Å². The minimum Gasteiger partial charge on any atom is -0.480 e. The zero-order valence-corrected chi connectivity index (χ0v) is 19.1. The molecule has 0 radical (unpaired) electrons. The van der Waals surface area contributed by atoms with E-state index < -0.39 is 22.8 Å². The molecule has 1 unspecified atom stereocenters. The summed E-state index contributed by atoms with van der Waals surface area (Å²) in [5, 5.41) is 15.0. The Bertz CT molecular complexity index is 1340. The van der Waals surface area contributed by atoms with Crippen molar-refractivity contribution in [3.63, 3.8) is 0 Å². The molecule has 34 heavy (non-hydrogen) atoms. The Morgan fingerprint density at radius 3 is 2.85 bits per heavy atom. The van der Waals surface area contributed by atoms with Crippen LogP contribution in [0.25, 0.3) is 11.0 Å². The van der Waals surface area contributed by atoms with E-state index in [1.807, 2.05) is 0 Å². The lowest BCUT2D eigenvalue weighted by molar-refractivity contribution is -0.0160. The number of nitrogens with zero attached hydrogens (tertiary/aromatic N) is 4. The van der Waals surface area contributed by atoms with Gasteiger partial charge < -0.3 is 19.7 Å². The largest absolute Gasteiger partial charge is 0.480 e. The highest BCUT2D eigenvalue weighted by Gasteiger charge is 2.43. The van der Waals surface area contributed by atoms with Gasteiger partial charge in [-0.3, -0.25) is 19.7 Å². The molecule has 2 N–H and O–H groups in total. The molecule has 3 aromatic rings. The number of aromatic nitrogens is 3. The first kappa shape index (κ1) is 21.9. The van der Waals surface area contributed by atoms with Gasteiger partial charge in [-0.15, -0.1) is 0 Å². The molecule has 0 spiro atoms. The quantitative estimate of drug-likeness (QED) is 0.565. The van der Waals surface area contributed by atoms with Gasteiger partial charge in [-0.1, -0.05) is 11.8 Å². The summed E-state index contributed by atoms with van der Waals surface area (Å²) in [5.74, 6) is -0.184. The average Bonchev–Trinajstić information content (AvgIpc) is 3.42. The van der Waals surface area contributed by atoms with Gasteiger partial charge in [0, 0.05) is 25.2 Å². The molecule has 3 aromatic heterocycles. The van der Waals surface area contributed by atoms with Crippen molar-refractivity contribution in [2.75, 3.05) is 25.6 Å². The Kier molecular flexibility index (Phi) is 5.32. The summed E-state index contributed by atoms with van der Waals surface area (Å²) in [7, 11) is 0. The first-order chi connectivity index (χ1) is 16.4. The van der Waals surface area contributed by atoms with Crippen LogP contribution in [0.5, 0.6) is 5.75 Å². The van der Waals surface area contributed by atoms with Gasteiger partial charge in [0.25, 0.3) is 5.56 Å². The van der Waals surface area contributed by atoms with Crippen molar-refractivity contribution in [2.24, 2.45) is 0 Å². The average molecular weight is 488 g/mol. The first-order valence-corrected chi connectivity index (χ1v) is 12.2.